The maximum atomic E-state index is 5.58. The molecule has 23 heavy (non-hydrogen) atoms. The van der Waals surface area contributed by atoms with Gasteiger partial charge in [0.15, 0.2) is 5.96 Å². The van der Waals surface area contributed by atoms with E-state index < -0.39 is 0 Å². The van der Waals surface area contributed by atoms with Gasteiger partial charge in [-0.2, -0.15) is 0 Å². The molecule has 0 aromatic rings. The fourth-order valence-corrected chi connectivity index (χ4v) is 2.84. The van der Waals surface area contributed by atoms with E-state index in [-0.39, 0.29) is 0 Å². The Bertz CT molecular complexity index is 301. The van der Waals surface area contributed by atoms with Gasteiger partial charge in [-0.25, -0.2) is 0 Å². The van der Waals surface area contributed by atoms with Gasteiger partial charge in [-0.05, 0) is 45.6 Å². The fraction of sp³-hybridized carbons (Fsp3) is 0.944. The molecule has 1 saturated heterocycles. The van der Waals surface area contributed by atoms with E-state index in [4.69, 9.17) is 4.74 Å². The lowest BCUT2D eigenvalue weighted by Crippen LogP contribution is -2.48. The van der Waals surface area contributed by atoms with Crippen LogP contribution in [0.15, 0.2) is 4.99 Å². The average Bonchev–Trinajstić information content (AvgIpc) is 2.56. The first-order valence-corrected chi connectivity index (χ1v) is 9.65. The van der Waals surface area contributed by atoms with Crippen LogP contribution in [0.5, 0.6) is 0 Å². The number of rotatable bonds is 11. The number of hydrogen-bond acceptors (Lipinski definition) is 3. The molecule has 0 spiro atoms. The molecule has 5 nitrogen and oxygen atoms in total. The number of hydrogen-bond donors (Lipinski definition) is 2. The third-order valence-corrected chi connectivity index (χ3v) is 4.17. The third-order valence-electron chi connectivity index (χ3n) is 4.17. The first kappa shape index (κ1) is 20.2. The van der Waals surface area contributed by atoms with Crippen molar-refractivity contribution in [1.29, 1.82) is 0 Å². The van der Waals surface area contributed by atoms with Crippen LogP contribution in [-0.2, 0) is 4.74 Å². The number of guanidine groups is 1. The molecule has 1 heterocycles. The summed E-state index contributed by atoms with van der Waals surface area (Å²) < 4.78 is 5.58. The molecule has 1 aliphatic heterocycles. The summed E-state index contributed by atoms with van der Waals surface area (Å²) in [5.41, 5.74) is 0. The summed E-state index contributed by atoms with van der Waals surface area (Å²) in [6.07, 6.45) is 7.03. The molecule has 1 fully saturated rings. The Balaban J connectivity index is 2.21. The fourth-order valence-electron chi connectivity index (χ4n) is 2.84. The van der Waals surface area contributed by atoms with E-state index in [9.17, 15) is 0 Å². The number of ether oxygens (including phenoxy) is 1. The van der Waals surface area contributed by atoms with Crippen LogP contribution in [0, 0.1) is 0 Å². The molecule has 0 amide bonds. The van der Waals surface area contributed by atoms with E-state index in [2.05, 4.69) is 41.3 Å². The zero-order valence-electron chi connectivity index (χ0n) is 15.6. The van der Waals surface area contributed by atoms with Crippen LogP contribution in [0.2, 0.25) is 0 Å². The maximum absolute atomic E-state index is 5.58. The Hall–Kier alpha value is -0.810. The molecular weight excluding hydrogens is 288 g/mol. The molecule has 2 N–H and O–H groups in total. The van der Waals surface area contributed by atoms with Gasteiger partial charge in [0.05, 0.1) is 0 Å². The smallest absolute Gasteiger partial charge is 0.191 e. The monoisotopic (exact) mass is 326 g/mol. The van der Waals surface area contributed by atoms with Crippen LogP contribution < -0.4 is 10.6 Å². The summed E-state index contributed by atoms with van der Waals surface area (Å²) in [7, 11) is 0. The predicted octanol–water partition coefficient (Wildman–Crippen LogP) is 2.62. The highest BCUT2D eigenvalue weighted by Crippen LogP contribution is 2.10. The highest BCUT2D eigenvalue weighted by molar-refractivity contribution is 5.80. The van der Waals surface area contributed by atoms with E-state index in [1.54, 1.807) is 0 Å². The summed E-state index contributed by atoms with van der Waals surface area (Å²) in [5, 5.41) is 6.96. The largest absolute Gasteiger partial charge is 0.381 e. The third kappa shape index (κ3) is 9.82. The number of likely N-dealkylation sites (tertiary alicyclic amines) is 1. The molecule has 0 saturated carbocycles. The van der Waals surface area contributed by atoms with Gasteiger partial charge >= 0.3 is 0 Å². The molecule has 0 aliphatic carbocycles. The Labute approximate surface area is 143 Å². The molecule has 136 valence electrons. The van der Waals surface area contributed by atoms with Crippen LogP contribution in [0.4, 0.5) is 0 Å². The number of nitrogens with zero attached hydrogens (tertiary/aromatic N) is 2. The van der Waals surface area contributed by atoms with E-state index in [1.165, 1.54) is 45.3 Å². The van der Waals surface area contributed by atoms with Crippen molar-refractivity contribution < 1.29 is 4.74 Å². The van der Waals surface area contributed by atoms with Crippen molar-refractivity contribution in [3.05, 3.63) is 0 Å². The Kier molecular flexibility index (Phi) is 12.0. The molecule has 0 bridgehead atoms. The molecule has 1 rings (SSSR count). The van der Waals surface area contributed by atoms with Crippen molar-refractivity contribution >= 4 is 5.96 Å². The van der Waals surface area contributed by atoms with Gasteiger partial charge in [-0.15, -0.1) is 0 Å². The zero-order valence-corrected chi connectivity index (χ0v) is 15.6. The summed E-state index contributed by atoms with van der Waals surface area (Å²) in [4.78, 5) is 7.25. The van der Waals surface area contributed by atoms with Crippen LogP contribution in [0.1, 0.15) is 59.3 Å². The van der Waals surface area contributed by atoms with Gasteiger partial charge in [-0.1, -0.05) is 20.3 Å². The van der Waals surface area contributed by atoms with Gasteiger partial charge < -0.3 is 20.3 Å². The van der Waals surface area contributed by atoms with Crippen molar-refractivity contribution in [1.82, 2.24) is 15.5 Å². The lowest BCUT2D eigenvalue weighted by molar-refractivity contribution is 0.130. The Morgan fingerprint density at radius 3 is 2.48 bits per heavy atom. The minimum absolute atomic E-state index is 0.557. The van der Waals surface area contributed by atoms with E-state index in [0.717, 1.165) is 45.1 Å². The first-order chi connectivity index (χ1) is 11.3. The molecule has 0 aromatic heterocycles. The zero-order chi connectivity index (χ0) is 16.8. The van der Waals surface area contributed by atoms with Crippen LogP contribution in [0.25, 0.3) is 0 Å². The molecule has 5 heteroatoms. The predicted molar refractivity (Wildman–Crippen MR) is 99.2 cm³/mol. The van der Waals surface area contributed by atoms with Gasteiger partial charge in [-0.3, -0.25) is 4.99 Å². The molecule has 1 aliphatic rings. The van der Waals surface area contributed by atoms with E-state index in [0.29, 0.717) is 6.04 Å². The highest BCUT2D eigenvalue weighted by atomic mass is 16.5. The van der Waals surface area contributed by atoms with Crippen molar-refractivity contribution in [3.63, 3.8) is 0 Å². The summed E-state index contributed by atoms with van der Waals surface area (Å²) >= 11 is 0. The second kappa shape index (κ2) is 13.6. The number of piperidine rings is 1. The van der Waals surface area contributed by atoms with Gasteiger partial charge in [0.2, 0.25) is 0 Å². The van der Waals surface area contributed by atoms with Crippen molar-refractivity contribution in [3.8, 4) is 0 Å². The second-order valence-corrected chi connectivity index (χ2v) is 6.34. The van der Waals surface area contributed by atoms with E-state index >= 15 is 0 Å². The highest BCUT2D eigenvalue weighted by Gasteiger charge is 2.19. The topological polar surface area (TPSA) is 48.9 Å². The second-order valence-electron chi connectivity index (χ2n) is 6.34. The normalized spacial score (nSPS) is 17.4. The van der Waals surface area contributed by atoms with Crippen molar-refractivity contribution in [2.45, 2.75) is 65.3 Å². The minimum Gasteiger partial charge on any atom is -0.381 e. The number of nitrogens with one attached hydrogen (secondary N) is 2. The number of unbranched alkanes of at least 4 members (excludes halogenated alkanes) is 1. The van der Waals surface area contributed by atoms with Crippen LogP contribution in [0.3, 0.4) is 0 Å². The van der Waals surface area contributed by atoms with Gasteiger partial charge in [0.25, 0.3) is 0 Å². The van der Waals surface area contributed by atoms with E-state index in [1.807, 2.05) is 0 Å². The van der Waals surface area contributed by atoms with Crippen LogP contribution in [-0.4, -0.2) is 62.8 Å². The average molecular weight is 327 g/mol. The Morgan fingerprint density at radius 1 is 1.09 bits per heavy atom. The quantitative estimate of drug-likeness (QED) is 0.348. The maximum Gasteiger partial charge on any atom is 0.191 e. The lowest BCUT2D eigenvalue weighted by Gasteiger charge is -2.32. The lowest BCUT2D eigenvalue weighted by atomic mass is 10.1. The molecule has 0 atom stereocenters. The van der Waals surface area contributed by atoms with Crippen molar-refractivity contribution in [2.75, 3.05) is 45.9 Å². The number of aliphatic imine (C=N–C) groups is 1. The Morgan fingerprint density at radius 2 is 1.83 bits per heavy atom. The molecule has 0 unspecified atom stereocenters. The summed E-state index contributed by atoms with van der Waals surface area (Å²) in [6.45, 7) is 13.7. The minimum atomic E-state index is 0.557. The first-order valence-electron chi connectivity index (χ1n) is 9.65. The van der Waals surface area contributed by atoms with Gasteiger partial charge in [0.1, 0.15) is 0 Å². The van der Waals surface area contributed by atoms with Gasteiger partial charge in [0, 0.05) is 45.4 Å². The standard InChI is InChI=1S/C18H38N4O/c1-4-7-15-23-16-8-11-20-18(19-6-3)21-17-9-13-22(12-5-2)14-10-17/h17H,4-16H2,1-3H3,(H2,19,20,21). The van der Waals surface area contributed by atoms with Crippen LogP contribution >= 0.6 is 0 Å². The summed E-state index contributed by atoms with van der Waals surface area (Å²) in [6, 6.07) is 0.557. The summed E-state index contributed by atoms with van der Waals surface area (Å²) in [5.74, 6) is 0.968. The molecule has 0 radical (unpaired) electrons. The molecule has 0 aromatic carbocycles. The SMILES string of the molecule is CCCCOCCCN=C(NCC)NC1CCN(CCC)CC1. The van der Waals surface area contributed by atoms with Crippen molar-refractivity contribution in [2.24, 2.45) is 4.99 Å². The molecular formula is C18H38N4O.